The van der Waals surface area contributed by atoms with Crippen LogP contribution in [-0.2, 0) is 4.84 Å². The molecule has 0 bridgehead atoms. The monoisotopic (exact) mass is 210 g/mol. The van der Waals surface area contributed by atoms with Crippen molar-refractivity contribution in [3.8, 4) is 0 Å². The molecule has 1 aliphatic rings. The van der Waals surface area contributed by atoms with Crippen molar-refractivity contribution in [2.45, 2.75) is 12.3 Å². The minimum Gasteiger partial charge on any atom is -0.396 e. The molecule has 3 N–H and O–H groups in total. The number of halogens is 2. The van der Waals surface area contributed by atoms with Gasteiger partial charge in [0.15, 0.2) is 0 Å². The van der Waals surface area contributed by atoms with Crippen LogP contribution in [0.4, 0.5) is 13.6 Å². The van der Waals surface area contributed by atoms with Gasteiger partial charge in [0.2, 0.25) is 0 Å². The minimum absolute atomic E-state index is 0.0663. The second-order valence-electron chi connectivity index (χ2n) is 3.20. The molecule has 1 fully saturated rings. The number of hydrogen-bond acceptors (Lipinski definition) is 4. The van der Waals surface area contributed by atoms with Gasteiger partial charge in [-0.25, -0.2) is 13.6 Å². The predicted molar refractivity (Wildman–Crippen MR) is 42.4 cm³/mol. The number of nitrogens with two attached hydrogens (primary N) is 1. The van der Waals surface area contributed by atoms with Crippen molar-refractivity contribution < 1.29 is 23.5 Å². The van der Waals surface area contributed by atoms with Crippen LogP contribution in [0.3, 0.4) is 0 Å². The van der Waals surface area contributed by atoms with Crippen LogP contribution in [0, 0.1) is 5.92 Å². The molecule has 1 atom stereocenters. The van der Waals surface area contributed by atoms with Crippen LogP contribution in [0.1, 0.15) is 6.42 Å². The van der Waals surface area contributed by atoms with Crippen molar-refractivity contribution in [2.24, 2.45) is 11.7 Å². The lowest BCUT2D eigenvalue weighted by Gasteiger charge is -2.35. The van der Waals surface area contributed by atoms with Gasteiger partial charge in [0.25, 0.3) is 5.92 Å². The summed E-state index contributed by atoms with van der Waals surface area (Å²) in [5.74, 6) is -4.13. The molecule has 0 spiro atoms. The predicted octanol–water partition coefficient (Wildman–Crippen LogP) is -0.0538. The Bertz CT molecular complexity index is 225. The highest BCUT2D eigenvalue weighted by atomic mass is 19.3. The largest absolute Gasteiger partial charge is 0.423 e. The first kappa shape index (κ1) is 11.1. The molecule has 5 nitrogen and oxygen atoms in total. The number of carbonyl (C=O) groups excluding carboxylic acids is 1. The number of hydrogen-bond donors (Lipinski definition) is 2. The maximum absolute atomic E-state index is 13.1. The number of alkyl halides is 2. The highest BCUT2D eigenvalue weighted by Crippen LogP contribution is 2.32. The fourth-order valence-corrected chi connectivity index (χ4v) is 1.38. The van der Waals surface area contributed by atoms with E-state index in [0.29, 0.717) is 0 Å². The average molecular weight is 210 g/mol. The van der Waals surface area contributed by atoms with Crippen LogP contribution >= 0.6 is 0 Å². The maximum atomic E-state index is 13.1. The number of aliphatic hydroxyl groups is 1. The second-order valence-corrected chi connectivity index (χ2v) is 3.20. The molecule has 82 valence electrons. The Morgan fingerprint density at radius 2 is 2.36 bits per heavy atom. The number of carbonyl (C=O) groups is 1. The zero-order chi connectivity index (χ0) is 10.8. The van der Waals surface area contributed by atoms with E-state index < -0.39 is 31.1 Å². The van der Waals surface area contributed by atoms with Gasteiger partial charge in [-0.05, 0) is 6.42 Å². The first-order valence-corrected chi connectivity index (χ1v) is 4.16. The van der Waals surface area contributed by atoms with Crippen molar-refractivity contribution in [2.75, 3.05) is 19.7 Å². The van der Waals surface area contributed by atoms with Crippen molar-refractivity contribution in [3.63, 3.8) is 0 Å². The summed E-state index contributed by atoms with van der Waals surface area (Å²) in [6, 6.07) is 0. The molecule has 1 rings (SSSR count). The molecule has 1 saturated heterocycles. The molecular formula is C7H12F2N2O3. The molecule has 0 saturated carbocycles. The quantitative estimate of drug-likeness (QED) is 0.669. The smallest absolute Gasteiger partial charge is 0.396 e. The summed E-state index contributed by atoms with van der Waals surface area (Å²) >= 11 is 0. The van der Waals surface area contributed by atoms with Gasteiger partial charge >= 0.3 is 6.09 Å². The van der Waals surface area contributed by atoms with E-state index in [9.17, 15) is 13.6 Å². The highest BCUT2D eigenvalue weighted by Gasteiger charge is 2.45. The van der Waals surface area contributed by atoms with Crippen LogP contribution in [0.25, 0.3) is 0 Å². The zero-order valence-corrected chi connectivity index (χ0v) is 7.45. The van der Waals surface area contributed by atoms with E-state index in [1.807, 2.05) is 0 Å². The van der Waals surface area contributed by atoms with E-state index in [2.05, 4.69) is 10.6 Å². The normalized spacial score (nSPS) is 27.2. The minimum atomic E-state index is -3.05. The Morgan fingerprint density at radius 1 is 1.71 bits per heavy atom. The van der Waals surface area contributed by atoms with Gasteiger partial charge in [0.05, 0.1) is 13.2 Å². The molecule has 14 heavy (non-hydrogen) atoms. The van der Waals surface area contributed by atoms with Crippen LogP contribution in [0.2, 0.25) is 0 Å². The van der Waals surface area contributed by atoms with Crippen molar-refractivity contribution in [1.29, 1.82) is 0 Å². The third-order valence-corrected chi connectivity index (χ3v) is 2.15. The van der Waals surface area contributed by atoms with Crippen molar-refractivity contribution in [3.05, 3.63) is 0 Å². The molecule has 0 aliphatic carbocycles. The van der Waals surface area contributed by atoms with Gasteiger partial charge < -0.3 is 15.7 Å². The Kier molecular flexibility index (Phi) is 3.22. The number of rotatable bonds is 2. The first-order chi connectivity index (χ1) is 6.45. The molecular weight excluding hydrogens is 198 g/mol. The highest BCUT2D eigenvalue weighted by molar-refractivity contribution is 5.64. The molecule has 0 radical (unpaired) electrons. The summed E-state index contributed by atoms with van der Waals surface area (Å²) in [6.07, 6.45) is -1.04. The molecule has 0 aromatic carbocycles. The average Bonchev–Trinajstić information content (AvgIpc) is 2.01. The summed E-state index contributed by atoms with van der Waals surface area (Å²) in [6.45, 7) is -1.14. The maximum Gasteiger partial charge on any atom is 0.423 e. The number of aliphatic hydroxyl groups excluding tert-OH is 1. The van der Waals surface area contributed by atoms with E-state index in [1.54, 1.807) is 0 Å². The zero-order valence-electron chi connectivity index (χ0n) is 7.45. The fraction of sp³-hybridized carbons (Fsp3) is 0.857. The second kappa shape index (κ2) is 4.05. The van der Waals surface area contributed by atoms with Gasteiger partial charge in [-0.3, -0.25) is 0 Å². The Balaban J connectivity index is 2.53. The Morgan fingerprint density at radius 3 is 2.79 bits per heavy atom. The van der Waals surface area contributed by atoms with E-state index >= 15 is 0 Å². The van der Waals surface area contributed by atoms with E-state index in [0.717, 1.165) is 5.06 Å². The first-order valence-electron chi connectivity index (χ1n) is 4.16. The molecule has 1 unspecified atom stereocenters. The topological polar surface area (TPSA) is 75.8 Å². The summed E-state index contributed by atoms with van der Waals surface area (Å²) in [4.78, 5) is 14.6. The van der Waals surface area contributed by atoms with Crippen molar-refractivity contribution in [1.82, 2.24) is 5.06 Å². The number of nitrogens with zero attached hydrogens (tertiary/aromatic N) is 1. The molecule has 1 heterocycles. The summed E-state index contributed by atoms with van der Waals surface area (Å²) in [5.41, 5.74) is 4.68. The van der Waals surface area contributed by atoms with Gasteiger partial charge in [-0.15, -0.1) is 5.06 Å². The van der Waals surface area contributed by atoms with Crippen LogP contribution in [0.5, 0.6) is 0 Å². The lowest BCUT2D eigenvalue weighted by atomic mass is 9.95. The summed E-state index contributed by atoms with van der Waals surface area (Å²) in [5, 5.41) is 9.48. The summed E-state index contributed by atoms with van der Waals surface area (Å²) < 4.78 is 26.3. The number of piperidine rings is 1. The molecule has 7 heteroatoms. The molecule has 0 aromatic rings. The van der Waals surface area contributed by atoms with Gasteiger partial charge in [0.1, 0.15) is 0 Å². The van der Waals surface area contributed by atoms with E-state index in [4.69, 9.17) is 5.11 Å². The van der Waals surface area contributed by atoms with E-state index in [1.165, 1.54) is 0 Å². The van der Waals surface area contributed by atoms with Gasteiger partial charge in [-0.2, -0.15) is 0 Å². The number of hydroxylamine groups is 2. The van der Waals surface area contributed by atoms with Crippen LogP contribution in [-0.4, -0.2) is 41.9 Å². The third-order valence-electron chi connectivity index (χ3n) is 2.15. The third kappa shape index (κ3) is 2.52. The van der Waals surface area contributed by atoms with E-state index in [-0.39, 0.29) is 13.0 Å². The van der Waals surface area contributed by atoms with Gasteiger partial charge in [0, 0.05) is 12.5 Å². The van der Waals surface area contributed by atoms with Crippen molar-refractivity contribution >= 4 is 6.09 Å². The molecule has 1 aliphatic heterocycles. The fourth-order valence-electron chi connectivity index (χ4n) is 1.38. The number of primary amides is 1. The SMILES string of the molecule is NC(=O)ON1CCC(CO)C(F)(F)C1. The van der Waals surface area contributed by atoms with Crippen LogP contribution < -0.4 is 5.73 Å². The Hall–Kier alpha value is -0.950. The molecule has 1 amide bonds. The summed E-state index contributed by atoms with van der Waals surface area (Å²) in [7, 11) is 0. The lowest BCUT2D eigenvalue weighted by Crippen LogP contribution is -2.50. The lowest BCUT2D eigenvalue weighted by molar-refractivity contribution is -0.207. The Labute approximate surface area is 79.4 Å². The molecule has 0 aromatic heterocycles. The van der Waals surface area contributed by atoms with Crippen LogP contribution in [0.15, 0.2) is 0 Å². The van der Waals surface area contributed by atoms with Gasteiger partial charge in [-0.1, -0.05) is 0 Å². The number of amides is 1. The standard InChI is InChI=1S/C7H12F2N2O3/c8-7(9)4-11(14-6(10)13)2-1-5(7)3-12/h5,12H,1-4H2,(H2,10,13).